The van der Waals surface area contributed by atoms with Crippen molar-refractivity contribution < 1.29 is 23.8 Å². The van der Waals surface area contributed by atoms with Crippen molar-refractivity contribution in [1.82, 2.24) is 0 Å². The van der Waals surface area contributed by atoms with Crippen LogP contribution in [0.5, 0.6) is 5.75 Å². The van der Waals surface area contributed by atoms with Crippen LogP contribution in [0.25, 0.3) is 11.0 Å². The zero-order valence-corrected chi connectivity index (χ0v) is 14.5. The molecule has 2 aromatic rings. The number of benzene rings is 1. The standard InChI is InChI=1S/C19H20O6/c1-5-10(2)18(22)24-16-14-12(25-19(3,4)17(16)21)8-6-11-7-9-13(20)23-15(11)14/h5-9,16-17,21H,1-4H3/b10-5+/t16-,17+/m0/s1. The number of carbonyl (C=O) groups is 1. The smallest absolute Gasteiger partial charge is 0.336 e. The van der Waals surface area contributed by atoms with E-state index in [0.29, 0.717) is 22.3 Å². The highest BCUT2D eigenvalue weighted by Gasteiger charge is 2.46. The van der Waals surface area contributed by atoms with E-state index < -0.39 is 29.4 Å². The summed E-state index contributed by atoms with van der Waals surface area (Å²) in [6, 6.07) is 6.39. The second kappa shape index (κ2) is 6.04. The van der Waals surface area contributed by atoms with Gasteiger partial charge in [-0.1, -0.05) is 6.08 Å². The molecule has 6 heteroatoms. The normalized spacial score (nSPS) is 22.2. The van der Waals surface area contributed by atoms with E-state index in [1.54, 1.807) is 52.0 Å². The maximum Gasteiger partial charge on any atom is 0.336 e. The van der Waals surface area contributed by atoms with Crippen molar-refractivity contribution in [3.63, 3.8) is 0 Å². The molecule has 0 saturated carbocycles. The molecular weight excluding hydrogens is 324 g/mol. The molecule has 0 fully saturated rings. The number of carbonyl (C=O) groups excluding carboxylic acids is 1. The highest BCUT2D eigenvalue weighted by atomic mass is 16.6. The molecule has 132 valence electrons. The third-order valence-electron chi connectivity index (χ3n) is 4.43. The van der Waals surface area contributed by atoms with Crippen molar-refractivity contribution in [2.75, 3.05) is 0 Å². The Morgan fingerprint density at radius 3 is 2.64 bits per heavy atom. The quantitative estimate of drug-likeness (QED) is 0.512. The molecule has 1 aliphatic heterocycles. The summed E-state index contributed by atoms with van der Waals surface area (Å²) in [6.45, 7) is 6.76. The Kier molecular flexibility index (Phi) is 4.16. The number of rotatable bonds is 2. The van der Waals surface area contributed by atoms with Crippen molar-refractivity contribution in [3.8, 4) is 5.75 Å². The average molecular weight is 344 g/mol. The molecule has 1 aromatic heterocycles. The number of allylic oxidation sites excluding steroid dienone is 1. The van der Waals surface area contributed by atoms with Crippen molar-refractivity contribution in [2.45, 2.75) is 45.5 Å². The van der Waals surface area contributed by atoms with Crippen LogP contribution in [0.1, 0.15) is 39.4 Å². The lowest BCUT2D eigenvalue weighted by molar-refractivity contribution is -0.166. The Balaban J connectivity index is 2.22. The highest BCUT2D eigenvalue weighted by Crippen LogP contribution is 2.45. The molecule has 0 radical (unpaired) electrons. The fourth-order valence-corrected chi connectivity index (χ4v) is 2.81. The van der Waals surface area contributed by atoms with Crippen LogP contribution in [0.3, 0.4) is 0 Å². The first-order chi connectivity index (χ1) is 11.7. The summed E-state index contributed by atoms with van der Waals surface area (Å²) in [6.07, 6.45) is -0.524. The van der Waals surface area contributed by atoms with Crippen molar-refractivity contribution in [1.29, 1.82) is 0 Å². The molecule has 2 atom stereocenters. The lowest BCUT2D eigenvalue weighted by Gasteiger charge is -2.41. The van der Waals surface area contributed by atoms with E-state index in [1.165, 1.54) is 6.07 Å². The molecule has 0 unspecified atom stereocenters. The molecular formula is C19H20O6. The summed E-state index contributed by atoms with van der Waals surface area (Å²) < 4.78 is 16.7. The highest BCUT2D eigenvalue weighted by molar-refractivity contribution is 5.89. The number of aliphatic hydroxyl groups is 1. The largest absolute Gasteiger partial charge is 0.484 e. The minimum absolute atomic E-state index is 0.246. The topological polar surface area (TPSA) is 86.0 Å². The molecule has 0 bridgehead atoms. The van der Waals surface area contributed by atoms with Gasteiger partial charge in [0, 0.05) is 17.0 Å². The summed E-state index contributed by atoms with van der Waals surface area (Å²) in [5, 5.41) is 11.4. The zero-order valence-electron chi connectivity index (χ0n) is 14.5. The second-order valence-corrected chi connectivity index (χ2v) is 6.60. The average Bonchev–Trinajstić information content (AvgIpc) is 2.57. The van der Waals surface area contributed by atoms with E-state index >= 15 is 0 Å². The van der Waals surface area contributed by atoms with Crippen LogP contribution in [-0.4, -0.2) is 22.8 Å². The number of fused-ring (bicyclic) bond motifs is 3. The summed E-state index contributed by atoms with van der Waals surface area (Å²) in [4.78, 5) is 24.0. The third kappa shape index (κ3) is 2.93. The number of esters is 1. The van der Waals surface area contributed by atoms with E-state index in [1.807, 2.05) is 0 Å². The molecule has 6 nitrogen and oxygen atoms in total. The van der Waals surface area contributed by atoms with Crippen LogP contribution < -0.4 is 10.4 Å². The van der Waals surface area contributed by atoms with Crippen LogP contribution >= 0.6 is 0 Å². The maximum absolute atomic E-state index is 12.3. The maximum atomic E-state index is 12.3. The number of ether oxygens (including phenoxy) is 2. The number of hydrogen-bond acceptors (Lipinski definition) is 6. The molecule has 1 aromatic carbocycles. The van der Waals surface area contributed by atoms with Crippen LogP contribution in [0.2, 0.25) is 0 Å². The van der Waals surface area contributed by atoms with E-state index in [9.17, 15) is 14.7 Å². The van der Waals surface area contributed by atoms with Gasteiger partial charge < -0.3 is 19.0 Å². The predicted octanol–water partition coefficient (Wildman–Crippen LogP) is 2.88. The summed E-state index contributed by atoms with van der Waals surface area (Å²) in [7, 11) is 0. The summed E-state index contributed by atoms with van der Waals surface area (Å²) in [5.41, 5.74) is -0.491. The van der Waals surface area contributed by atoms with Gasteiger partial charge in [-0.3, -0.25) is 0 Å². The van der Waals surface area contributed by atoms with Gasteiger partial charge in [-0.15, -0.1) is 0 Å². The fraction of sp³-hybridized carbons (Fsp3) is 0.368. The Hall–Kier alpha value is -2.60. The Morgan fingerprint density at radius 2 is 1.96 bits per heavy atom. The first-order valence-corrected chi connectivity index (χ1v) is 8.02. The second-order valence-electron chi connectivity index (χ2n) is 6.60. The minimum atomic E-state index is -1.13. The van der Waals surface area contributed by atoms with Crippen LogP contribution in [0.4, 0.5) is 0 Å². The van der Waals surface area contributed by atoms with E-state index in [0.717, 1.165) is 0 Å². The molecule has 1 aliphatic rings. The fourth-order valence-electron chi connectivity index (χ4n) is 2.81. The Morgan fingerprint density at radius 1 is 1.28 bits per heavy atom. The van der Waals surface area contributed by atoms with E-state index in [2.05, 4.69) is 0 Å². The van der Waals surface area contributed by atoms with Gasteiger partial charge in [0.2, 0.25) is 0 Å². The lowest BCUT2D eigenvalue weighted by Crippen LogP contribution is -2.50. The minimum Gasteiger partial charge on any atom is -0.484 e. The van der Waals surface area contributed by atoms with Gasteiger partial charge >= 0.3 is 11.6 Å². The molecule has 25 heavy (non-hydrogen) atoms. The van der Waals surface area contributed by atoms with Crippen LogP contribution in [-0.2, 0) is 9.53 Å². The monoisotopic (exact) mass is 344 g/mol. The lowest BCUT2D eigenvalue weighted by atomic mass is 9.87. The summed E-state index contributed by atoms with van der Waals surface area (Å²) in [5.74, 6) is -0.140. The van der Waals surface area contributed by atoms with Gasteiger partial charge in [0.05, 0.1) is 5.56 Å². The van der Waals surface area contributed by atoms with Crippen molar-refractivity contribution in [3.05, 3.63) is 51.9 Å². The van der Waals surface area contributed by atoms with Gasteiger partial charge in [0.25, 0.3) is 0 Å². The molecule has 1 N–H and O–H groups in total. The Bertz CT molecular complexity index is 921. The molecule has 0 amide bonds. The van der Waals surface area contributed by atoms with Gasteiger partial charge in [-0.2, -0.15) is 0 Å². The van der Waals surface area contributed by atoms with Crippen LogP contribution in [0.15, 0.2) is 45.1 Å². The first kappa shape index (κ1) is 17.2. The summed E-state index contributed by atoms with van der Waals surface area (Å²) >= 11 is 0. The van der Waals surface area contributed by atoms with Gasteiger partial charge in [-0.05, 0) is 45.9 Å². The predicted molar refractivity (Wildman–Crippen MR) is 91.5 cm³/mol. The van der Waals surface area contributed by atoms with Gasteiger partial charge in [0.1, 0.15) is 23.0 Å². The Labute approximate surface area is 144 Å². The molecule has 0 aliphatic carbocycles. The van der Waals surface area contributed by atoms with E-state index in [4.69, 9.17) is 13.9 Å². The van der Waals surface area contributed by atoms with Gasteiger partial charge in [0.15, 0.2) is 6.10 Å². The van der Waals surface area contributed by atoms with Crippen molar-refractivity contribution >= 4 is 16.9 Å². The molecule has 0 spiro atoms. The third-order valence-corrected chi connectivity index (χ3v) is 4.43. The van der Waals surface area contributed by atoms with E-state index in [-0.39, 0.29) is 5.58 Å². The number of aliphatic hydroxyl groups excluding tert-OH is 1. The zero-order chi connectivity index (χ0) is 18.4. The molecule has 3 rings (SSSR count). The van der Waals surface area contributed by atoms with Crippen LogP contribution in [0, 0.1) is 0 Å². The number of hydrogen-bond donors (Lipinski definition) is 1. The molecule has 0 saturated heterocycles. The van der Waals surface area contributed by atoms with Crippen molar-refractivity contribution in [2.24, 2.45) is 0 Å². The SMILES string of the molecule is C/C=C(\C)C(=O)O[C@H]1c2c(ccc3ccc(=O)oc23)OC(C)(C)[C@@H]1O. The first-order valence-electron chi connectivity index (χ1n) is 8.02. The molecule has 2 heterocycles. The van der Waals surface area contributed by atoms with Gasteiger partial charge in [-0.25, -0.2) is 9.59 Å².